The van der Waals surface area contributed by atoms with Crippen LogP contribution in [0.3, 0.4) is 0 Å². The topological polar surface area (TPSA) is 79.7 Å². The summed E-state index contributed by atoms with van der Waals surface area (Å²) in [6.45, 7) is 4.32. The van der Waals surface area contributed by atoms with Crippen LogP contribution >= 0.6 is 0 Å². The second-order valence-corrected chi connectivity index (χ2v) is 4.67. The van der Waals surface area contributed by atoms with Gasteiger partial charge in [-0.3, -0.25) is 0 Å². The predicted octanol–water partition coefficient (Wildman–Crippen LogP) is 2.27. The van der Waals surface area contributed by atoms with Gasteiger partial charge in [0.1, 0.15) is 19.0 Å². The van der Waals surface area contributed by atoms with Crippen molar-refractivity contribution in [3.05, 3.63) is 24.0 Å². The van der Waals surface area contributed by atoms with Gasteiger partial charge >= 0.3 is 0 Å². The molecule has 1 aromatic carbocycles. The summed E-state index contributed by atoms with van der Waals surface area (Å²) in [6, 6.07) is 5.71. The minimum atomic E-state index is 0.373. The summed E-state index contributed by atoms with van der Waals surface area (Å²) >= 11 is 0. The molecule has 1 aromatic heterocycles. The molecule has 0 fully saturated rings. The maximum absolute atomic E-state index is 5.94. The van der Waals surface area contributed by atoms with Crippen LogP contribution in [0.2, 0.25) is 0 Å². The van der Waals surface area contributed by atoms with Crippen LogP contribution < -0.4 is 15.2 Å². The summed E-state index contributed by atoms with van der Waals surface area (Å²) in [5.41, 5.74) is 7.64. The minimum Gasteiger partial charge on any atom is -0.486 e. The molecule has 0 unspecified atom stereocenters. The zero-order valence-electron chi connectivity index (χ0n) is 11.9. The molecular formula is C15H18N2O4. The van der Waals surface area contributed by atoms with Crippen LogP contribution in [0.15, 0.2) is 22.7 Å². The Balaban J connectivity index is 1.90. The van der Waals surface area contributed by atoms with E-state index in [0.717, 1.165) is 28.4 Å². The van der Waals surface area contributed by atoms with Crippen LogP contribution in [0.1, 0.15) is 12.7 Å². The van der Waals surface area contributed by atoms with Gasteiger partial charge in [-0.1, -0.05) is 11.2 Å². The third-order valence-electron chi connectivity index (χ3n) is 3.30. The number of hydrogen-bond acceptors (Lipinski definition) is 6. The Morgan fingerprint density at radius 3 is 2.86 bits per heavy atom. The summed E-state index contributed by atoms with van der Waals surface area (Å²) in [6.07, 6.45) is 0.627. The smallest absolute Gasteiger partial charge is 0.175 e. The number of nitrogens with two attached hydrogens (primary N) is 1. The molecular weight excluding hydrogens is 272 g/mol. The third-order valence-corrected chi connectivity index (χ3v) is 3.30. The third kappa shape index (κ3) is 2.80. The lowest BCUT2D eigenvalue weighted by atomic mass is 10.0. The van der Waals surface area contributed by atoms with Gasteiger partial charge in [0.05, 0.1) is 12.2 Å². The number of nitrogen functional groups attached to an aromatic ring is 1. The summed E-state index contributed by atoms with van der Waals surface area (Å²) in [7, 11) is 0. The second-order valence-electron chi connectivity index (χ2n) is 4.67. The van der Waals surface area contributed by atoms with E-state index in [9.17, 15) is 0 Å². The van der Waals surface area contributed by atoms with Gasteiger partial charge in [0, 0.05) is 13.0 Å². The zero-order valence-corrected chi connectivity index (χ0v) is 11.9. The molecule has 0 amide bonds. The highest BCUT2D eigenvalue weighted by Crippen LogP contribution is 2.37. The summed E-state index contributed by atoms with van der Waals surface area (Å²) < 4.78 is 21.8. The maximum Gasteiger partial charge on any atom is 0.175 e. The first-order valence-electron chi connectivity index (χ1n) is 7.01. The van der Waals surface area contributed by atoms with Crippen LogP contribution in [0.5, 0.6) is 11.5 Å². The van der Waals surface area contributed by atoms with Crippen molar-refractivity contribution in [1.82, 2.24) is 5.16 Å². The fourth-order valence-electron chi connectivity index (χ4n) is 2.33. The van der Waals surface area contributed by atoms with Gasteiger partial charge in [0.25, 0.3) is 0 Å². The standard InChI is InChI=1S/C15H18N2O4/c1-2-18-6-5-12-14(15(16)17-21-12)10-3-4-11-13(9-10)20-8-7-19-11/h3-4,9H,2,5-8H2,1H3,(H2,16,17). The van der Waals surface area contributed by atoms with Crippen LogP contribution in [0.25, 0.3) is 11.1 Å². The second kappa shape index (κ2) is 6.05. The van der Waals surface area contributed by atoms with Crippen molar-refractivity contribution in [2.24, 2.45) is 0 Å². The Kier molecular flexibility index (Phi) is 3.96. The largest absolute Gasteiger partial charge is 0.486 e. The van der Waals surface area contributed by atoms with E-state index in [2.05, 4.69) is 5.16 Å². The van der Waals surface area contributed by atoms with Gasteiger partial charge in [0.2, 0.25) is 0 Å². The molecule has 1 aliphatic heterocycles. The van der Waals surface area contributed by atoms with Crippen molar-refractivity contribution in [2.45, 2.75) is 13.3 Å². The number of fused-ring (bicyclic) bond motifs is 1. The zero-order chi connectivity index (χ0) is 14.7. The first kappa shape index (κ1) is 13.8. The summed E-state index contributed by atoms with van der Waals surface area (Å²) in [5, 5.41) is 3.86. The van der Waals surface area contributed by atoms with E-state index in [1.165, 1.54) is 0 Å². The number of rotatable bonds is 5. The molecule has 0 bridgehead atoms. The molecule has 0 saturated carbocycles. The number of ether oxygens (including phenoxy) is 3. The van der Waals surface area contributed by atoms with Crippen molar-refractivity contribution in [3.8, 4) is 22.6 Å². The van der Waals surface area contributed by atoms with E-state index in [4.69, 9.17) is 24.5 Å². The van der Waals surface area contributed by atoms with Crippen molar-refractivity contribution >= 4 is 5.82 Å². The van der Waals surface area contributed by atoms with Gasteiger partial charge in [-0.25, -0.2) is 0 Å². The Hall–Kier alpha value is -2.21. The molecule has 21 heavy (non-hydrogen) atoms. The Labute approximate surface area is 122 Å². The maximum atomic E-state index is 5.94. The quantitative estimate of drug-likeness (QED) is 0.851. The Bertz CT molecular complexity index is 624. The van der Waals surface area contributed by atoms with E-state index in [1.807, 2.05) is 25.1 Å². The van der Waals surface area contributed by atoms with Crippen LogP contribution in [-0.2, 0) is 11.2 Å². The lowest BCUT2D eigenvalue weighted by Gasteiger charge is -2.18. The van der Waals surface area contributed by atoms with E-state index < -0.39 is 0 Å². The molecule has 3 rings (SSSR count). The predicted molar refractivity (Wildman–Crippen MR) is 77.5 cm³/mol. The van der Waals surface area contributed by atoms with Crippen molar-refractivity contribution < 1.29 is 18.7 Å². The SMILES string of the molecule is CCOCCc1onc(N)c1-c1ccc2c(c1)OCCO2. The van der Waals surface area contributed by atoms with Gasteiger partial charge in [-0.05, 0) is 24.6 Å². The van der Waals surface area contributed by atoms with Gasteiger partial charge < -0.3 is 24.5 Å². The molecule has 0 saturated heterocycles. The normalized spacial score (nSPS) is 13.4. The van der Waals surface area contributed by atoms with Crippen LogP contribution in [-0.4, -0.2) is 31.6 Å². The molecule has 0 atom stereocenters. The van der Waals surface area contributed by atoms with Crippen molar-refractivity contribution in [1.29, 1.82) is 0 Å². The van der Waals surface area contributed by atoms with E-state index in [0.29, 0.717) is 38.7 Å². The van der Waals surface area contributed by atoms with Gasteiger partial charge in [-0.2, -0.15) is 0 Å². The van der Waals surface area contributed by atoms with Crippen molar-refractivity contribution in [3.63, 3.8) is 0 Å². The molecule has 1 aliphatic rings. The number of nitrogens with zero attached hydrogens (tertiary/aromatic N) is 1. The lowest BCUT2D eigenvalue weighted by Crippen LogP contribution is -2.15. The Morgan fingerprint density at radius 2 is 2.05 bits per heavy atom. The number of anilines is 1. The minimum absolute atomic E-state index is 0.373. The highest BCUT2D eigenvalue weighted by Gasteiger charge is 2.19. The van der Waals surface area contributed by atoms with Crippen LogP contribution in [0.4, 0.5) is 5.82 Å². The van der Waals surface area contributed by atoms with Crippen LogP contribution in [0, 0.1) is 0 Å². The monoisotopic (exact) mass is 290 g/mol. The fraction of sp³-hybridized carbons (Fsp3) is 0.400. The molecule has 0 spiro atoms. The molecule has 0 radical (unpaired) electrons. The molecule has 2 N–H and O–H groups in total. The molecule has 112 valence electrons. The van der Waals surface area contributed by atoms with Crippen molar-refractivity contribution in [2.75, 3.05) is 32.2 Å². The van der Waals surface area contributed by atoms with Gasteiger partial charge in [0.15, 0.2) is 17.3 Å². The molecule has 6 nitrogen and oxygen atoms in total. The fourth-order valence-corrected chi connectivity index (χ4v) is 2.33. The Morgan fingerprint density at radius 1 is 1.24 bits per heavy atom. The van der Waals surface area contributed by atoms with E-state index >= 15 is 0 Å². The number of benzene rings is 1. The number of aromatic nitrogens is 1. The summed E-state index contributed by atoms with van der Waals surface area (Å²) in [4.78, 5) is 0. The average Bonchev–Trinajstić information content (AvgIpc) is 2.88. The molecule has 2 aromatic rings. The highest BCUT2D eigenvalue weighted by atomic mass is 16.6. The van der Waals surface area contributed by atoms with E-state index in [-0.39, 0.29) is 0 Å². The molecule has 6 heteroatoms. The molecule has 2 heterocycles. The van der Waals surface area contributed by atoms with E-state index in [1.54, 1.807) is 0 Å². The lowest BCUT2D eigenvalue weighted by molar-refractivity contribution is 0.145. The average molecular weight is 290 g/mol. The highest BCUT2D eigenvalue weighted by molar-refractivity contribution is 5.77. The first-order valence-corrected chi connectivity index (χ1v) is 7.01. The molecule has 0 aliphatic carbocycles. The number of hydrogen-bond donors (Lipinski definition) is 1. The first-order chi connectivity index (χ1) is 10.3. The summed E-state index contributed by atoms with van der Waals surface area (Å²) in [5.74, 6) is 2.56. The van der Waals surface area contributed by atoms with Gasteiger partial charge in [-0.15, -0.1) is 0 Å².